The zero-order valence-electron chi connectivity index (χ0n) is 15.7. The quantitative estimate of drug-likeness (QED) is 0.204. The summed E-state index contributed by atoms with van der Waals surface area (Å²) in [6.07, 6.45) is -2.96. The molecule has 0 bridgehead atoms. The molecule has 2 rings (SSSR count). The summed E-state index contributed by atoms with van der Waals surface area (Å²) in [5, 5.41) is 0. The molecule has 0 saturated heterocycles. The second kappa shape index (κ2) is 10.0. The molecule has 0 heterocycles. The molecule has 0 aliphatic rings. The summed E-state index contributed by atoms with van der Waals surface area (Å²) in [5.41, 5.74) is 2.64. The summed E-state index contributed by atoms with van der Waals surface area (Å²) in [7, 11) is 0. The Labute approximate surface area is 162 Å². The number of hydrogen-bond donors (Lipinski definition) is 0. The van der Waals surface area contributed by atoms with Crippen LogP contribution in [0.4, 0.5) is 17.6 Å². The van der Waals surface area contributed by atoms with Gasteiger partial charge in [-0.3, -0.25) is 9.18 Å². The lowest BCUT2D eigenvalue weighted by Gasteiger charge is -2.14. The van der Waals surface area contributed by atoms with Gasteiger partial charge in [0.1, 0.15) is 0 Å². The highest BCUT2D eigenvalue weighted by atomic mass is 19.4. The van der Waals surface area contributed by atoms with Crippen LogP contribution in [0.25, 0.3) is 5.57 Å². The van der Waals surface area contributed by atoms with E-state index in [0.29, 0.717) is 18.4 Å². The molecule has 0 amide bonds. The molecule has 2 aromatic carbocycles. The van der Waals surface area contributed by atoms with Gasteiger partial charge in [-0.25, -0.2) is 0 Å². The van der Waals surface area contributed by atoms with Gasteiger partial charge >= 0.3 is 6.18 Å². The highest BCUT2D eigenvalue weighted by Gasteiger charge is 2.33. The fourth-order valence-corrected chi connectivity index (χ4v) is 2.88. The fourth-order valence-electron chi connectivity index (χ4n) is 2.88. The topological polar surface area (TPSA) is 17.1 Å². The number of allylic oxidation sites excluding steroid dienone is 1. The number of halogens is 4. The highest BCUT2D eigenvalue weighted by Crippen LogP contribution is 2.36. The van der Waals surface area contributed by atoms with Crippen LogP contribution < -0.4 is 0 Å². The molecular formula is C23H22F4O. The van der Waals surface area contributed by atoms with E-state index in [0.717, 1.165) is 12.5 Å². The second-order valence-corrected chi connectivity index (χ2v) is 6.36. The lowest BCUT2D eigenvalue weighted by molar-refractivity contribution is -0.137. The lowest BCUT2D eigenvalue weighted by atomic mass is 9.94. The first-order valence-corrected chi connectivity index (χ1v) is 9.19. The number of Topliss-reactive ketones (excluding diaryl/α,β-unsaturated/α-hetero) is 1. The Morgan fingerprint density at radius 1 is 0.964 bits per heavy atom. The van der Waals surface area contributed by atoms with Crippen molar-refractivity contribution in [2.24, 2.45) is 0 Å². The summed E-state index contributed by atoms with van der Waals surface area (Å²) >= 11 is 0. The Hall–Kier alpha value is -2.65. The van der Waals surface area contributed by atoms with Crippen molar-refractivity contribution < 1.29 is 22.4 Å². The van der Waals surface area contributed by atoms with Crippen LogP contribution in [0.15, 0.2) is 65.9 Å². The first-order chi connectivity index (χ1) is 13.4. The number of hydrogen-bond acceptors (Lipinski definition) is 1. The summed E-state index contributed by atoms with van der Waals surface area (Å²) in [6.45, 7) is 1.12. The first-order valence-electron chi connectivity index (χ1n) is 9.19. The Bertz CT molecular complexity index is 860. The third kappa shape index (κ3) is 5.67. The minimum Gasteiger partial charge on any atom is -0.288 e. The average molecular weight is 390 g/mol. The molecule has 0 atom stereocenters. The van der Waals surface area contributed by atoms with Gasteiger partial charge in [-0.05, 0) is 24.5 Å². The molecule has 0 aliphatic heterocycles. The van der Waals surface area contributed by atoms with Crippen LogP contribution in [0.2, 0.25) is 0 Å². The molecule has 0 spiro atoms. The van der Waals surface area contributed by atoms with Gasteiger partial charge in [0.25, 0.3) is 0 Å². The van der Waals surface area contributed by atoms with E-state index in [1.54, 1.807) is 30.3 Å². The van der Waals surface area contributed by atoms with Gasteiger partial charge in [-0.15, -0.1) is 5.73 Å². The van der Waals surface area contributed by atoms with Gasteiger partial charge in [0.05, 0.1) is 12.2 Å². The second-order valence-electron chi connectivity index (χ2n) is 6.36. The van der Waals surface area contributed by atoms with Gasteiger partial charge in [0.15, 0.2) is 5.78 Å². The number of rotatable bonds is 8. The maximum absolute atomic E-state index is 13.4. The molecule has 0 saturated carbocycles. The first kappa shape index (κ1) is 21.6. The van der Waals surface area contributed by atoms with Crippen LogP contribution in [-0.2, 0) is 6.18 Å². The number of alkyl halides is 4. The summed E-state index contributed by atoms with van der Waals surface area (Å²) in [5.74, 6) is -0.296. The standard InChI is InChI=1S/C23H22F4O/c1-2-3-9-19(22(28)17-10-5-4-6-11-17)16-18(14-15-24)20-12-7-8-13-21(20)23(25,26)27/h4-8,10-13H,2-3,9,14-15H2,1H3. The van der Waals surface area contributed by atoms with Gasteiger partial charge in [0.2, 0.25) is 0 Å². The normalized spacial score (nSPS) is 11.0. The molecular weight excluding hydrogens is 368 g/mol. The maximum Gasteiger partial charge on any atom is 0.417 e. The number of carbonyl (C=O) groups is 1. The van der Waals surface area contributed by atoms with Crippen LogP contribution in [0.5, 0.6) is 0 Å². The predicted octanol–water partition coefficient (Wildman–Crippen LogP) is 7.05. The Morgan fingerprint density at radius 2 is 1.61 bits per heavy atom. The van der Waals surface area contributed by atoms with Gasteiger partial charge < -0.3 is 0 Å². The number of benzene rings is 2. The van der Waals surface area contributed by atoms with Crippen molar-refractivity contribution in [1.29, 1.82) is 0 Å². The van der Waals surface area contributed by atoms with Crippen LogP contribution in [-0.4, -0.2) is 12.5 Å². The Balaban J connectivity index is 2.67. The minimum absolute atomic E-state index is 0.0609. The number of carbonyl (C=O) groups excluding carboxylic acids is 1. The van der Waals surface area contributed by atoms with Crippen molar-refractivity contribution >= 4 is 11.4 Å². The van der Waals surface area contributed by atoms with Crippen LogP contribution in [0.3, 0.4) is 0 Å². The molecule has 1 nitrogen and oxygen atoms in total. The Kier molecular flexibility index (Phi) is 7.77. The molecule has 0 aliphatic carbocycles. The van der Waals surface area contributed by atoms with E-state index in [1.807, 2.05) is 6.92 Å². The van der Waals surface area contributed by atoms with E-state index in [2.05, 4.69) is 5.73 Å². The van der Waals surface area contributed by atoms with E-state index in [4.69, 9.17) is 0 Å². The minimum atomic E-state index is -4.58. The summed E-state index contributed by atoms with van der Waals surface area (Å²) in [4.78, 5) is 12.9. The molecule has 0 N–H and O–H groups in total. The zero-order chi connectivity index (χ0) is 20.6. The molecule has 0 unspecified atom stereocenters. The largest absolute Gasteiger partial charge is 0.417 e. The van der Waals surface area contributed by atoms with Gasteiger partial charge in [-0.2, -0.15) is 13.2 Å². The number of ketones is 1. The molecule has 2 aromatic rings. The summed E-state index contributed by atoms with van der Waals surface area (Å²) < 4.78 is 53.4. The van der Waals surface area contributed by atoms with E-state index >= 15 is 0 Å². The third-order valence-electron chi connectivity index (χ3n) is 4.29. The van der Waals surface area contributed by atoms with Crippen LogP contribution in [0.1, 0.15) is 54.1 Å². The molecule has 5 heteroatoms. The van der Waals surface area contributed by atoms with Crippen LogP contribution in [0, 0.1) is 0 Å². The van der Waals surface area contributed by atoms with Crippen molar-refractivity contribution in [3.8, 4) is 0 Å². The van der Waals surface area contributed by atoms with Crippen molar-refractivity contribution in [1.82, 2.24) is 0 Å². The molecule has 0 radical (unpaired) electrons. The zero-order valence-corrected chi connectivity index (χ0v) is 15.7. The smallest absolute Gasteiger partial charge is 0.288 e. The van der Waals surface area contributed by atoms with Crippen molar-refractivity contribution in [3.05, 3.63) is 82.6 Å². The number of unbranched alkanes of at least 4 members (excludes halogenated alkanes) is 1. The third-order valence-corrected chi connectivity index (χ3v) is 4.29. The van der Waals surface area contributed by atoms with Crippen molar-refractivity contribution in [3.63, 3.8) is 0 Å². The highest BCUT2D eigenvalue weighted by molar-refractivity contribution is 6.09. The maximum atomic E-state index is 13.4. The van der Waals surface area contributed by atoms with Gasteiger partial charge in [-0.1, -0.05) is 61.9 Å². The monoisotopic (exact) mass is 390 g/mol. The van der Waals surface area contributed by atoms with Crippen molar-refractivity contribution in [2.45, 2.75) is 38.8 Å². The average Bonchev–Trinajstić information content (AvgIpc) is 2.70. The molecule has 0 aromatic heterocycles. The predicted molar refractivity (Wildman–Crippen MR) is 103 cm³/mol. The summed E-state index contributed by atoms with van der Waals surface area (Å²) in [6, 6.07) is 13.5. The molecule has 148 valence electrons. The van der Waals surface area contributed by atoms with E-state index < -0.39 is 18.4 Å². The van der Waals surface area contributed by atoms with E-state index in [1.165, 1.54) is 18.2 Å². The van der Waals surface area contributed by atoms with E-state index in [9.17, 15) is 22.4 Å². The van der Waals surface area contributed by atoms with Crippen molar-refractivity contribution in [2.75, 3.05) is 6.67 Å². The SMILES string of the molecule is CCCCC(=C=C(CCF)c1ccccc1C(F)(F)F)C(=O)c1ccccc1. The molecule has 0 fully saturated rings. The van der Waals surface area contributed by atoms with Gasteiger partial charge in [0, 0.05) is 23.1 Å². The van der Waals surface area contributed by atoms with Crippen LogP contribution >= 0.6 is 0 Å². The molecule has 28 heavy (non-hydrogen) atoms. The fraction of sp³-hybridized carbons (Fsp3) is 0.304. The van der Waals surface area contributed by atoms with E-state index in [-0.39, 0.29) is 28.9 Å². The lowest BCUT2D eigenvalue weighted by Crippen LogP contribution is -2.09. The Morgan fingerprint density at radius 3 is 2.21 bits per heavy atom.